The third-order valence-corrected chi connectivity index (χ3v) is 5.96. The van der Waals surface area contributed by atoms with E-state index in [1.165, 1.54) is 0 Å². The number of fused-ring (bicyclic) bond motifs is 1. The SMILES string of the molecule is CN1CC(c2cc3nccn3c(-c3cnn(C4(CC#N)CCCC4)c3)n2)C=N1. The number of hydrogen-bond acceptors (Lipinski definition) is 6. The molecule has 0 spiro atoms. The van der Waals surface area contributed by atoms with Gasteiger partial charge in [0, 0.05) is 44.5 Å². The standard InChI is InChI=1S/C20H22N8/c1-26-13-15(11-23-26)17-10-18-22-8-9-27(18)19(25-17)16-12-24-28(14-16)20(6-7-21)4-2-3-5-20/h8-12,14-15H,2-6,13H2,1H3. The molecular weight excluding hydrogens is 352 g/mol. The third-order valence-electron chi connectivity index (χ3n) is 5.96. The van der Waals surface area contributed by atoms with Crippen LogP contribution in [0.15, 0.2) is 36.0 Å². The Balaban J connectivity index is 1.58. The predicted molar refractivity (Wildman–Crippen MR) is 105 cm³/mol. The van der Waals surface area contributed by atoms with Crippen molar-refractivity contribution in [2.45, 2.75) is 43.6 Å². The smallest absolute Gasteiger partial charge is 0.149 e. The zero-order valence-electron chi connectivity index (χ0n) is 15.9. The minimum Gasteiger partial charge on any atom is -0.299 e. The van der Waals surface area contributed by atoms with Crippen molar-refractivity contribution in [3.8, 4) is 17.5 Å². The fourth-order valence-corrected chi connectivity index (χ4v) is 4.44. The lowest BCUT2D eigenvalue weighted by atomic mass is 9.94. The molecule has 0 amide bonds. The molecule has 5 rings (SSSR count). The lowest BCUT2D eigenvalue weighted by Gasteiger charge is -2.26. The summed E-state index contributed by atoms with van der Waals surface area (Å²) in [5.74, 6) is 0.976. The van der Waals surface area contributed by atoms with Gasteiger partial charge in [0.25, 0.3) is 0 Å². The second-order valence-corrected chi connectivity index (χ2v) is 7.81. The van der Waals surface area contributed by atoms with Crippen LogP contribution in [0.4, 0.5) is 0 Å². The largest absolute Gasteiger partial charge is 0.299 e. The molecule has 2 aliphatic rings. The Morgan fingerprint density at radius 3 is 2.93 bits per heavy atom. The van der Waals surface area contributed by atoms with E-state index in [-0.39, 0.29) is 11.5 Å². The van der Waals surface area contributed by atoms with Crippen LogP contribution in [0, 0.1) is 11.3 Å². The van der Waals surface area contributed by atoms with Gasteiger partial charge in [0.2, 0.25) is 0 Å². The molecule has 0 bridgehead atoms. The monoisotopic (exact) mass is 374 g/mol. The van der Waals surface area contributed by atoms with Gasteiger partial charge in [0.1, 0.15) is 11.5 Å². The highest BCUT2D eigenvalue weighted by atomic mass is 15.4. The van der Waals surface area contributed by atoms with Crippen LogP contribution in [0.3, 0.4) is 0 Å². The van der Waals surface area contributed by atoms with Gasteiger partial charge in [-0.3, -0.25) is 14.1 Å². The molecule has 1 aliphatic heterocycles. The number of hydrazone groups is 1. The second kappa shape index (κ2) is 6.44. The highest BCUT2D eigenvalue weighted by Crippen LogP contribution is 2.39. The zero-order valence-corrected chi connectivity index (χ0v) is 15.9. The maximum atomic E-state index is 9.34. The summed E-state index contributed by atoms with van der Waals surface area (Å²) in [5, 5.41) is 20.3. The maximum Gasteiger partial charge on any atom is 0.149 e. The average molecular weight is 374 g/mol. The van der Waals surface area contributed by atoms with Gasteiger partial charge in [-0.1, -0.05) is 12.8 Å². The Hall–Kier alpha value is -3.21. The van der Waals surface area contributed by atoms with Crippen LogP contribution in [0.1, 0.15) is 43.7 Å². The van der Waals surface area contributed by atoms with Crippen molar-refractivity contribution in [1.82, 2.24) is 29.2 Å². The molecule has 3 aromatic heterocycles. The summed E-state index contributed by atoms with van der Waals surface area (Å²) in [5.41, 5.74) is 2.59. The maximum absolute atomic E-state index is 9.34. The molecule has 8 nitrogen and oxygen atoms in total. The van der Waals surface area contributed by atoms with E-state index < -0.39 is 0 Å². The molecule has 1 aliphatic carbocycles. The first kappa shape index (κ1) is 16.9. The lowest BCUT2D eigenvalue weighted by molar-refractivity contribution is 0.269. The van der Waals surface area contributed by atoms with Gasteiger partial charge in [-0.2, -0.15) is 15.5 Å². The molecule has 0 saturated heterocycles. The minimum atomic E-state index is -0.181. The van der Waals surface area contributed by atoms with E-state index in [1.807, 2.05) is 52.0 Å². The molecule has 1 saturated carbocycles. The second-order valence-electron chi connectivity index (χ2n) is 7.81. The van der Waals surface area contributed by atoms with Crippen LogP contribution in [-0.2, 0) is 5.54 Å². The third kappa shape index (κ3) is 2.66. The van der Waals surface area contributed by atoms with E-state index in [0.717, 1.165) is 55.0 Å². The summed E-state index contributed by atoms with van der Waals surface area (Å²) < 4.78 is 3.99. The summed E-state index contributed by atoms with van der Waals surface area (Å²) in [6.07, 6.45) is 14.3. The van der Waals surface area contributed by atoms with Crippen LogP contribution in [0.25, 0.3) is 17.0 Å². The van der Waals surface area contributed by atoms with Gasteiger partial charge >= 0.3 is 0 Å². The lowest BCUT2D eigenvalue weighted by Crippen LogP contribution is -2.30. The van der Waals surface area contributed by atoms with Crippen molar-refractivity contribution in [3.63, 3.8) is 0 Å². The fourth-order valence-electron chi connectivity index (χ4n) is 4.44. The highest BCUT2D eigenvalue weighted by Gasteiger charge is 2.36. The fraction of sp³-hybridized carbons (Fsp3) is 0.450. The molecule has 142 valence electrons. The molecule has 4 heterocycles. The van der Waals surface area contributed by atoms with Crippen molar-refractivity contribution < 1.29 is 0 Å². The van der Waals surface area contributed by atoms with Gasteiger partial charge in [-0.25, -0.2) is 9.97 Å². The molecule has 0 N–H and O–H groups in total. The van der Waals surface area contributed by atoms with E-state index >= 15 is 0 Å². The Bertz CT molecular complexity index is 1080. The number of nitrogens with zero attached hydrogens (tertiary/aromatic N) is 8. The molecular formula is C20H22N8. The Morgan fingerprint density at radius 2 is 2.18 bits per heavy atom. The summed E-state index contributed by atoms with van der Waals surface area (Å²) in [6, 6.07) is 4.39. The van der Waals surface area contributed by atoms with Gasteiger partial charge in [0.05, 0.1) is 41.4 Å². The molecule has 1 atom stereocenters. The van der Waals surface area contributed by atoms with Crippen LogP contribution in [0.2, 0.25) is 0 Å². The summed E-state index contributed by atoms with van der Waals surface area (Å²) in [7, 11) is 1.96. The molecule has 0 radical (unpaired) electrons. The first-order valence-electron chi connectivity index (χ1n) is 9.70. The van der Waals surface area contributed by atoms with Crippen molar-refractivity contribution >= 4 is 11.9 Å². The van der Waals surface area contributed by atoms with E-state index in [1.54, 1.807) is 6.20 Å². The van der Waals surface area contributed by atoms with Gasteiger partial charge in [-0.15, -0.1) is 0 Å². The summed E-state index contributed by atoms with van der Waals surface area (Å²) in [6.45, 7) is 0.813. The number of nitriles is 1. The number of rotatable bonds is 4. The molecule has 1 fully saturated rings. The Labute approximate surface area is 163 Å². The van der Waals surface area contributed by atoms with Crippen molar-refractivity contribution in [2.75, 3.05) is 13.6 Å². The van der Waals surface area contributed by atoms with Gasteiger partial charge in [-0.05, 0) is 12.8 Å². The minimum absolute atomic E-state index is 0.153. The Morgan fingerprint density at radius 1 is 1.32 bits per heavy atom. The quantitative estimate of drug-likeness (QED) is 0.701. The average Bonchev–Trinajstić information content (AvgIpc) is 3.47. The highest BCUT2D eigenvalue weighted by molar-refractivity contribution is 5.70. The normalized spacial score (nSPS) is 20.9. The van der Waals surface area contributed by atoms with E-state index in [9.17, 15) is 5.26 Å². The van der Waals surface area contributed by atoms with Crippen molar-refractivity contribution in [3.05, 3.63) is 36.5 Å². The topological polar surface area (TPSA) is 87.4 Å². The first-order chi connectivity index (χ1) is 13.7. The van der Waals surface area contributed by atoms with Crippen LogP contribution >= 0.6 is 0 Å². The number of hydrogen-bond donors (Lipinski definition) is 0. The number of likely N-dealkylation sites (N-methyl/N-ethyl adjacent to an activating group) is 1. The zero-order chi connectivity index (χ0) is 19.1. The van der Waals surface area contributed by atoms with Crippen LogP contribution in [-0.4, -0.2) is 49.0 Å². The molecule has 8 heteroatoms. The van der Waals surface area contributed by atoms with Crippen LogP contribution < -0.4 is 0 Å². The Kier molecular flexibility index (Phi) is 3.90. The molecule has 0 aromatic carbocycles. The van der Waals surface area contributed by atoms with Gasteiger partial charge in [0.15, 0.2) is 0 Å². The molecule has 3 aromatic rings. The van der Waals surface area contributed by atoms with E-state index in [2.05, 4.69) is 21.3 Å². The number of imidazole rings is 1. The predicted octanol–water partition coefficient (Wildman–Crippen LogP) is 2.79. The first-order valence-corrected chi connectivity index (χ1v) is 9.70. The summed E-state index contributed by atoms with van der Waals surface area (Å²) in [4.78, 5) is 9.43. The molecule has 28 heavy (non-hydrogen) atoms. The molecule has 1 unspecified atom stereocenters. The van der Waals surface area contributed by atoms with E-state index in [0.29, 0.717) is 6.42 Å². The van der Waals surface area contributed by atoms with Crippen molar-refractivity contribution in [2.24, 2.45) is 5.10 Å². The van der Waals surface area contributed by atoms with Crippen LogP contribution in [0.5, 0.6) is 0 Å². The summed E-state index contributed by atoms with van der Waals surface area (Å²) >= 11 is 0. The van der Waals surface area contributed by atoms with E-state index in [4.69, 9.17) is 4.98 Å². The van der Waals surface area contributed by atoms with Crippen molar-refractivity contribution in [1.29, 1.82) is 5.26 Å². The van der Waals surface area contributed by atoms with Gasteiger partial charge < -0.3 is 0 Å². The number of aromatic nitrogens is 5.